The summed E-state index contributed by atoms with van der Waals surface area (Å²) in [6, 6.07) is -7.14. The first-order valence-corrected chi connectivity index (χ1v) is 31.9. The minimum absolute atomic E-state index is 0.816. The van der Waals surface area contributed by atoms with Gasteiger partial charge < -0.3 is 200 Å². The van der Waals surface area contributed by atoms with E-state index in [9.17, 15) is 146 Å². The molecule has 102 heavy (non-hydrogen) atoms. The number of ether oxygens (including phenoxy) is 13. The summed E-state index contributed by atoms with van der Waals surface area (Å²) in [5, 5.41) is 259. The molecule has 7 aliphatic rings. The number of carboxylic acid groups (broad SMARTS) is 2. The van der Waals surface area contributed by atoms with E-state index in [0.717, 1.165) is 27.7 Å². The third-order valence-electron chi connectivity index (χ3n) is 18.1. The fourth-order valence-corrected chi connectivity index (χ4v) is 12.8. The van der Waals surface area contributed by atoms with Gasteiger partial charge in [0.15, 0.2) is 31.5 Å². The zero-order chi connectivity index (χ0) is 76.1. The topological polar surface area (TPSA) is 736 Å². The van der Waals surface area contributed by atoms with E-state index in [-0.39, 0.29) is 0 Å². The Hall–Kier alpha value is -4.54. The zero-order valence-corrected chi connectivity index (χ0v) is 54.6. The van der Waals surface area contributed by atoms with Crippen LogP contribution in [-0.2, 0) is 90.3 Å². The van der Waals surface area contributed by atoms with Gasteiger partial charge in [-0.1, -0.05) is 0 Å². The lowest BCUT2D eigenvalue weighted by molar-refractivity contribution is -0.385. The highest BCUT2D eigenvalue weighted by molar-refractivity contribution is 5.77. The number of nitrogens with one attached hydrogen (secondary N) is 4. The van der Waals surface area contributed by atoms with Crippen molar-refractivity contribution in [3.8, 4) is 0 Å². The van der Waals surface area contributed by atoms with Crippen LogP contribution < -0.4 is 21.3 Å². The molecule has 0 radical (unpaired) electrons. The van der Waals surface area contributed by atoms with Gasteiger partial charge in [-0.3, -0.25) is 19.2 Å². The van der Waals surface area contributed by atoms with Crippen LogP contribution in [0.5, 0.6) is 0 Å². The Bertz CT molecular complexity index is 2780. The van der Waals surface area contributed by atoms with Crippen LogP contribution in [0.2, 0.25) is 0 Å². The molecule has 588 valence electrons. The van der Waals surface area contributed by atoms with Gasteiger partial charge in [-0.15, -0.1) is 0 Å². The van der Waals surface area contributed by atoms with Gasteiger partial charge in [-0.25, -0.2) is 9.59 Å². The second kappa shape index (κ2) is 35.9. The molecule has 7 heterocycles. The van der Waals surface area contributed by atoms with Gasteiger partial charge in [-0.2, -0.15) is 0 Å². The van der Waals surface area contributed by atoms with Crippen molar-refractivity contribution in [1.82, 2.24) is 21.3 Å². The number of aliphatic carboxylic acids is 2. The second-order valence-electron chi connectivity index (χ2n) is 25.4. The van der Waals surface area contributed by atoms with E-state index in [2.05, 4.69) is 21.3 Å². The molecule has 46 heteroatoms. The first kappa shape index (κ1) is 84.7. The number of carbonyl (C=O) groups excluding carboxylic acids is 4. The number of rotatable bonds is 29. The van der Waals surface area contributed by atoms with Crippen molar-refractivity contribution in [2.24, 2.45) is 0 Å². The number of carboxylic acids is 2. The molecule has 4 amide bonds. The number of aliphatic hydroxyl groups is 21. The Morgan fingerprint density at radius 2 is 0.696 bits per heavy atom. The molecule has 0 bridgehead atoms. The van der Waals surface area contributed by atoms with E-state index in [1.807, 2.05) is 0 Å². The third-order valence-corrected chi connectivity index (χ3v) is 18.1. The average molecular weight is 1490 g/mol. The minimum Gasteiger partial charge on any atom is -0.477 e. The van der Waals surface area contributed by atoms with Crippen molar-refractivity contribution in [3.63, 3.8) is 0 Å². The maximum Gasteiger partial charge on any atom is 0.364 e. The van der Waals surface area contributed by atoms with Gasteiger partial charge in [0.2, 0.25) is 23.6 Å². The van der Waals surface area contributed by atoms with Gasteiger partial charge in [0.25, 0.3) is 11.6 Å². The van der Waals surface area contributed by atoms with Crippen molar-refractivity contribution in [2.75, 3.05) is 46.2 Å². The number of amides is 4. The molecule has 0 aromatic carbocycles. The highest BCUT2D eigenvalue weighted by Crippen LogP contribution is 2.40. The molecular formula is C56H92N4O42. The van der Waals surface area contributed by atoms with Crippen molar-refractivity contribution in [2.45, 2.75) is 266 Å². The van der Waals surface area contributed by atoms with E-state index in [1.165, 1.54) is 0 Å². The average Bonchev–Trinajstić information content (AvgIpc) is 0.778. The smallest absolute Gasteiger partial charge is 0.364 e. The molecule has 27 N–H and O–H groups in total. The molecule has 7 aliphatic heterocycles. The minimum atomic E-state index is -3.03. The Labute approximate surface area is 576 Å². The van der Waals surface area contributed by atoms with E-state index < -0.39 is 321 Å². The van der Waals surface area contributed by atoms with Crippen LogP contribution in [0, 0.1) is 0 Å². The van der Waals surface area contributed by atoms with Crippen molar-refractivity contribution in [1.29, 1.82) is 0 Å². The van der Waals surface area contributed by atoms with Crippen LogP contribution in [0.15, 0.2) is 0 Å². The van der Waals surface area contributed by atoms with E-state index in [1.54, 1.807) is 0 Å². The van der Waals surface area contributed by atoms with Crippen LogP contribution in [0.1, 0.15) is 40.5 Å². The summed E-state index contributed by atoms with van der Waals surface area (Å²) in [6.45, 7) is -4.25. The molecule has 0 aliphatic carbocycles. The SMILES string of the molecule is CC(=O)N[C@H]1[C@H](O[C@@H]2[C@@H](O)[C@@H](O[C@@H]3O[C@H](CO)[C@@H](O[C@@H]4O[C@H](CO[C@]5(C(=O)O)C[C@H](O)[C@@H](NC(C)=O)[C@H]([C@H](O)[C@H](O)CO)O5)[C@H](O)[C@H](O)[C@H]4O)[C@H](O)[C@H]3NC(C)=O)[C@@H](CO)O[C@H]2O)O[C@H](CO)[C@@H](O[C@@H]2O[C@H](CO[C@]3(C(=O)O)C[C@H](O)[C@@H](NC(C)=O)[C@H]([C@H](O)[C@H](O)CO)O3)[C@H](O)[C@H](O)[C@H]2O)[C@@H]1O. The number of aliphatic hydroxyl groups excluding tert-OH is 21. The maximum atomic E-state index is 12.9. The number of carbonyl (C=O) groups is 6. The largest absolute Gasteiger partial charge is 0.477 e. The van der Waals surface area contributed by atoms with Crippen LogP contribution >= 0.6 is 0 Å². The molecular weight excluding hydrogens is 1400 g/mol. The predicted molar refractivity (Wildman–Crippen MR) is 313 cm³/mol. The van der Waals surface area contributed by atoms with Crippen LogP contribution in [0.25, 0.3) is 0 Å². The highest BCUT2D eigenvalue weighted by Gasteiger charge is 2.62. The Morgan fingerprint density at radius 3 is 1.02 bits per heavy atom. The summed E-state index contributed by atoms with van der Waals surface area (Å²) in [5.74, 6) is -13.6. The summed E-state index contributed by atoms with van der Waals surface area (Å²) in [7, 11) is 0. The molecule has 7 saturated heterocycles. The van der Waals surface area contributed by atoms with Crippen molar-refractivity contribution < 1.29 is 208 Å². The highest BCUT2D eigenvalue weighted by atomic mass is 16.8. The Balaban J connectivity index is 1.06. The summed E-state index contributed by atoms with van der Waals surface area (Å²) in [5.41, 5.74) is 0. The van der Waals surface area contributed by atoms with E-state index in [0.29, 0.717) is 0 Å². The van der Waals surface area contributed by atoms with Gasteiger partial charge in [0, 0.05) is 40.5 Å². The fraction of sp³-hybridized carbons (Fsp3) is 0.893. The second-order valence-corrected chi connectivity index (χ2v) is 25.4. The Kier molecular flexibility index (Phi) is 29.8. The van der Waals surface area contributed by atoms with Gasteiger partial charge in [0.05, 0.1) is 70.5 Å². The molecule has 0 aromatic heterocycles. The molecule has 37 atom stereocenters. The predicted octanol–water partition coefficient (Wildman–Crippen LogP) is -17.3. The molecule has 0 spiro atoms. The van der Waals surface area contributed by atoms with E-state index >= 15 is 0 Å². The number of hydrogen-bond donors (Lipinski definition) is 27. The van der Waals surface area contributed by atoms with Crippen LogP contribution in [-0.4, -0.2) is 425 Å². The monoisotopic (exact) mass is 1490 g/mol. The van der Waals surface area contributed by atoms with Crippen LogP contribution in [0.4, 0.5) is 0 Å². The van der Waals surface area contributed by atoms with Crippen molar-refractivity contribution >= 4 is 35.6 Å². The fourth-order valence-electron chi connectivity index (χ4n) is 12.8. The molecule has 46 nitrogen and oxygen atoms in total. The number of hydrogen-bond acceptors (Lipinski definition) is 40. The summed E-state index contributed by atoms with van der Waals surface area (Å²) >= 11 is 0. The standard InChI is InChI=1S/C56H92N4O42/c1-14(66)57-27-18(70)5-55(53(86)87,101-45(27)31(74)20(72)7-61)90-12-25-33(76)37(80)39(82)51(95-25)98-42-23(10-64)93-49(29(35(42)78)59-16(3)68)97-44-22(9-63)92-48(85)47(41(44)84)100-50-30(60-17(4)69)36(79)43(24(11-65)94-50)99-52-40(83)38(81)34(77)26(96-52)13-91-56(54(88)89)6-19(71)28(58-15(2)67)46(102-56)32(75)21(73)8-62/h18-52,61-65,70-85H,5-13H2,1-4H3,(H,57,66)(H,58,67)(H,59,68)(H,60,69)(H,86,87)(H,88,89)/t18-,19-,20+,21+,22+,23+,24+,25+,26+,27+,28+,29+,30+,31+,32+,33-,34-,35+,36+,37-,38-,39+,40+,41-,42+,43+,44-,45+,46+,47+,48+,49-,50-,51-,52-,55+,56+/m0/s1. The third kappa shape index (κ3) is 18.7. The lowest BCUT2D eigenvalue weighted by atomic mass is 9.88. The van der Waals surface area contributed by atoms with E-state index in [4.69, 9.17) is 61.6 Å². The Morgan fingerprint density at radius 1 is 0.392 bits per heavy atom. The normalized spacial score (nSPS) is 44.6. The van der Waals surface area contributed by atoms with Crippen molar-refractivity contribution in [3.05, 3.63) is 0 Å². The summed E-state index contributed by atoms with van der Waals surface area (Å²) in [4.78, 5) is 75.4. The molecule has 7 fully saturated rings. The van der Waals surface area contributed by atoms with Gasteiger partial charge in [-0.05, 0) is 0 Å². The lowest BCUT2D eigenvalue weighted by Gasteiger charge is -2.50. The summed E-state index contributed by atoms with van der Waals surface area (Å²) in [6.07, 6.45) is -67.8. The zero-order valence-electron chi connectivity index (χ0n) is 54.6. The van der Waals surface area contributed by atoms with Gasteiger partial charge >= 0.3 is 11.9 Å². The van der Waals surface area contributed by atoms with Gasteiger partial charge in [0.1, 0.15) is 159 Å². The first-order valence-electron chi connectivity index (χ1n) is 31.9. The van der Waals surface area contributed by atoms with Crippen LogP contribution in [0.3, 0.4) is 0 Å². The first-order chi connectivity index (χ1) is 47.8. The summed E-state index contributed by atoms with van der Waals surface area (Å²) < 4.78 is 74.7. The molecule has 0 saturated carbocycles. The lowest BCUT2D eigenvalue weighted by Crippen LogP contribution is -2.70. The molecule has 7 rings (SSSR count). The molecule has 0 aromatic rings. The quantitative estimate of drug-likeness (QED) is 0.0331. The molecule has 0 unspecified atom stereocenters. The maximum absolute atomic E-state index is 12.9.